The number of carbonyl (C=O) groups excluding carboxylic acids is 4. The van der Waals surface area contributed by atoms with Crippen molar-refractivity contribution in [2.45, 2.75) is 26.7 Å². The van der Waals surface area contributed by atoms with Crippen molar-refractivity contribution < 1.29 is 23.9 Å². The monoisotopic (exact) mass is 405 g/mol. The summed E-state index contributed by atoms with van der Waals surface area (Å²) in [6.07, 6.45) is 0.993. The molecule has 0 saturated carbocycles. The van der Waals surface area contributed by atoms with Crippen LogP contribution in [0.2, 0.25) is 5.02 Å². The minimum atomic E-state index is -0.595. The molecular weight excluding hydrogens is 386 g/mol. The number of ether oxygens (including phenoxy) is 1. The minimum Gasteiger partial charge on any atom is -0.469 e. The summed E-state index contributed by atoms with van der Waals surface area (Å²) >= 11 is 5.71. The molecule has 148 valence electrons. The van der Waals surface area contributed by atoms with E-state index >= 15 is 0 Å². The van der Waals surface area contributed by atoms with Crippen molar-refractivity contribution in [2.75, 3.05) is 12.8 Å². The highest BCUT2D eigenvalue weighted by Crippen LogP contribution is 2.14. The summed E-state index contributed by atoms with van der Waals surface area (Å²) < 4.78 is 4.38. The number of aryl methyl sites for hydroxylation is 1. The molecule has 0 unspecified atom stereocenters. The number of rotatable bonds is 6. The molecule has 0 aliphatic rings. The highest BCUT2D eigenvalue weighted by atomic mass is 35.5. The van der Waals surface area contributed by atoms with Gasteiger partial charge in [-0.05, 0) is 38.1 Å². The Morgan fingerprint density at radius 2 is 1.71 bits per heavy atom. The number of ketones is 3. The number of nitrogen functional groups attached to an aromatic ring is 1. The summed E-state index contributed by atoms with van der Waals surface area (Å²) in [6, 6.07) is 6.49. The summed E-state index contributed by atoms with van der Waals surface area (Å²) in [5, 5.41) is 0.286. The lowest BCUT2D eigenvalue weighted by atomic mass is 10.1. The minimum absolute atomic E-state index is 0.125. The van der Waals surface area contributed by atoms with Gasteiger partial charge in [-0.15, -0.1) is 0 Å². The van der Waals surface area contributed by atoms with Gasteiger partial charge < -0.3 is 10.5 Å². The first-order valence-electron chi connectivity index (χ1n) is 8.12. The molecule has 2 N–H and O–H groups in total. The van der Waals surface area contributed by atoms with E-state index in [1.165, 1.54) is 20.2 Å². The van der Waals surface area contributed by atoms with Crippen molar-refractivity contribution in [2.24, 2.45) is 0 Å². The predicted molar refractivity (Wildman–Crippen MR) is 103 cm³/mol. The molecule has 2 aromatic rings. The first-order chi connectivity index (χ1) is 13.1. The molecule has 0 amide bonds. The summed E-state index contributed by atoms with van der Waals surface area (Å²) in [5.41, 5.74) is 6.81. The maximum Gasteiger partial charge on any atom is 0.313 e. The van der Waals surface area contributed by atoms with Gasteiger partial charge in [0.2, 0.25) is 0 Å². The average molecular weight is 406 g/mol. The first-order valence-corrected chi connectivity index (χ1v) is 8.49. The third kappa shape index (κ3) is 7.24. The van der Waals surface area contributed by atoms with E-state index < -0.39 is 11.8 Å². The molecule has 8 nitrogen and oxygen atoms in total. The van der Waals surface area contributed by atoms with Crippen LogP contribution < -0.4 is 5.73 Å². The SMILES string of the molecule is CC(=O)CC(=O)c1ncccc1Cl.COC(=O)CC(=O)c1nc(C)ccc1N. The van der Waals surface area contributed by atoms with Gasteiger partial charge in [0.1, 0.15) is 23.6 Å². The number of esters is 1. The number of nitrogens with zero attached hydrogens (tertiary/aromatic N) is 2. The zero-order valence-electron chi connectivity index (χ0n) is 15.7. The van der Waals surface area contributed by atoms with Gasteiger partial charge in [0.05, 0.1) is 24.2 Å². The van der Waals surface area contributed by atoms with Crippen LogP contribution in [0, 0.1) is 6.92 Å². The van der Waals surface area contributed by atoms with E-state index in [4.69, 9.17) is 17.3 Å². The van der Waals surface area contributed by atoms with Crippen LogP contribution in [0.3, 0.4) is 0 Å². The van der Waals surface area contributed by atoms with Gasteiger partial charge in [-0.2, -0.15) is 0 Å². The fourth-order valence-corrected chi connectivity index (χ4v) is 2.21. The Morgan fingerprint density at radius 3 is 2.29 bits per heavy atom. The van der Waals surface area contributed by atoms with Crippen LogP contribution in [-0.4, -0.2) is 40.4 Å². The Balaban J connectivity index is 0.000000283. The van der Waals surface area contributed by atoms with E-state index in [1.807, 2.05) is 0 Å². The molecule has 0 aromatic carbocycles. The van der Waals surface area contributed by atoms with Crippen molar-refractivity contribution in [1.82, 2.24) is 9.97 Å². The number of hydrogen-bond donors (Lipinski definition) is 1. The number of anilines is 1. The molecule has 0 fully saturated rings. The quantitative estimate of drug-likeness (QED) is 0.441. The molecule has 0 atom stereocenters. The van der Waals surface area contributed by atoms with E-state index in [-0.39, 0.29) is 46.5 Å². The van der Waals surface area contributed by atoms with Crippen molar-refractivity contribution in [1.29, 1.82) is 0 Å². The van der Waals surface area contributed by atoms with Gasteiger partial charge in [0.25, 0.3) is 0 Å². The zero-order valence-corrected chi connectivity index (χ0v) is 16.4. The van der Waals surface area contributed by atoms with Crippen LogP contribution >= 0.6 is 11.6 Å². The Hall–Kier alpha value is -3.13. The lowest BCUT2D eigenvalue weighted by molar-refractivity contribution is -0.139. The number of aromatic nitrogens is 2. The third-order valence-electron chi connectivity index (χ3n) is 3.29. The molecular formula is C19H20ClN3O5. The van der Waals surface area contributed by atoms with Gasteiger partial charge in [-0.25, -0.2) is 4.98 Å². The number of halogens is 1. The number of nitrogens with two attached hydrogens (primary N) is 1. The van der Waals surface area contributed by atoms with Gasteiger partial charge in [-0.1, -0.05) is 11.6 Å². The highest BCUT2D eigenvalue weighted by molar-refractivity contribution is 6.34. The summed E-state index contributed by atoms with van der Waals surface area (Å²) in [6.45, 7) is 3.10. The number of pyridine rings is 2. The maximum absolute atomic E-state index is 11.5. The molecule has 2 rings (SSSR count). The van der Waals surface area contributed by atoms with Crippen LogP contribution in [0.1, 0.15) is 46.4 Å². The molecule has 9 heteroatoms. The number of hydrogen-bond acceptors (Lipinski definition) is 8. The van der Waals surface area contributed by atoms with E-state index in [0.717, 1.165) is 0 Å². The van der Waals surface area contributed by atoms with Crippen LogP contribution in [-0.2, 0) is 14.3 Å². The van der Waals surface area contributed by atoms with Crippen LogP contribution in [0.25, 0.3) is 0 Å². The van der Waals surface area contributed by atoms with Gasteiger partial charge in [0.15, 0.2) is 11.6 Å². The predicted octanol–water partition coefficient (Wildman–Crippen LogP) is 2.61. The lowest BCUT2D eigenvalue weighted by Gasteiger charge is -2.03. The normalized spacial score (nSPS) is 9.71. The average Bonchev–Trinajstić information content (AvgIpc) is 2.63. The summed E-state index contributed by atoms with van der Waals surface area (Å²) in [5.74, 6) is -1.55. The topological polar surface area (TPSA) is 129 Å². The van der Waals surface area contributed by atoms with Crippen LogP contribution in [0.5, 0.6) is 0 Å². The molecule has 2 heterocycles. The van der Waals surface area contributed by atoms with E-state index in [0.29, 0.717) is 5.69 Å². The Bertz CT molecular complexity index is 899. The first kappa shape index (κ1) is 22.9. The second kappa shape index (κ2) is 10.9. The van der Waals surface area contributed by atoms with Crippen LogP contribution in [0.4, 0.5) is 5.69 Å². The van der Waals surface area contributed by atoms with Crippen molar-refractivity contribution in [3.05, 3.63) is 52.6 Å². The maximum atomic E-state index is 11.5. The van der Waals surface area contributed by atoms with Crippen molar-refractivity contribution in [3.8, 4) is 0 Å². The second-order valence-corrected chi connectivity index (χ2v) is 6.11. The van der Waals surface area contributed by atoms with Crippen molar-refractivity contribution >= 4 is 40.6 Å². The molecule has 0 spiro atoms. The molecule has 2 aromatic heterocycles. The van der Waals surface area contributed by atoms with Crippen LogP contribution in [0.15, 0.2) is 30.5 Å². The molecule has 0 aliphatic heterocycles. The fraction of sp³-hybridized carbons (Fsp3) is 0.263. The van der Waals surface area contributed by atoms with Gasteiger partial charge >= 0.3 is 5.97 Å². The van der Waals surface area contributed by atoms with Crippen molar-refractivity contribution in [3.63, 3.8) is 0 Å². The van der Waals surface area contributed by atoms with Gasteiger partial charge in [-0.3, -0.25) is 24.2 Å². The number of Topliss-reactive ketones (excluding diaryl/α,β-unsaturated/α-hetero) is 3. The Morgan fingerprint density at radius 1 is 1.07 bits per heavy atom. The molecule has 0 saturated heterocycles. The third-order valence-corrected chi connectivity index (χ3v) is 3.60. The molecule has 28 heavy (non-hydrogen) atoms. The van der Waals surface area contributed by atoms with E-state index in [1.54, 1.807) is 31.2 Å². The highest BCUT2D eigenvalue weighted by Gasteiger charge is 2.16. The Kier molecular flexibility index (Phi) is 8.90. The van der Waals surface area contributed by atoms with Gasteiger partial charge in [0, 0.05) is 11.9 Å². The summed E-state index contributed by atoms with van der Waals surface area (Å²) in [4.78, 5) is 52.2. The fourth-order valence-electron chi connectivity index (χ4n) is 1.98. The Labute approximate surface area is 167 Å². The molecule has 0 radical (unpaired) electrons. The molecule has 0 aliphatic carbocycles. The van der Waals surface area contributed by atoms with E-state index in [9.17, 15) is 19.2 Å². The lowest BCUT2D eigenvalue weighted by Crippen LogP contribution is -2.13. The standard InChI is InChI=1S/C10H12N2O3.C9H8ClNO2/c1-6-3-4-7(11)10(12-6)8(13)5-9(14)15-2;1-6(12)5-8(13)9-7(10)3-2-4-11-9/h3-4H,5,11H2,1-2H3;2-4H,5H2,1H3. The summed E-state index contributed by atoms with van der Waals surface area (Å²) in [7, 11) is 1.22. The van der Waals surface area contributed by atoms with E-state index in [2.05, 4.69) is 14.7 Å². The smallest absolute Gasteiger partial charge is 0.313 e. The number of carbonyl (C=O) groups is 4. The largest absolute Gasteiger partial charge is 0.469 e. The second-order valence-electron chi connectivity index (χ2n) is 5.70. The number of methoxy groups -OCH3 is 1. The molecule has 0 bridgehead atoms. The zero-order chi connectivity index (χ0) is 21.3.